The normalized spacial score (nSPS) is 17.3. The Hall–Kier alpha value is -2.15. The molecule has 6 nitrogen and oxygen atoms in total. The molecule has 0 saturated carbocycles. The molecule has 3 heterocycles. The van der Waals surface area contributed by atoms with Crippen molar-refractivity contribution in [3.8, 4) is 11.3 Å². The van der Waals surface area contributed by atoms with E-state index in [-0.39, 0.29) is 18.5 Å². The molecule has 0 amide bonds. The summed E-state index contributed by atoms with van der Waals surface area (Å²) >= 11 is 0. The molecule has 3 aromatic rings. The second-order valence-corrected chi connectivity index (χ2v) is 6.61. The molecule has 26 heavy (non-hydrogen) atoms. The lowest BCUT2D eigenvalue weighted by Gasteiger charge is -2.31. The average molecular weight is 374 g/mol. The molecule has 2 aromatic heterocycles. The van der Waals surface area contributed by atoms with Gasteiger partial charge in [-0.3, -0.25) is 0 Å². The number of nitrogens with zero attached hydrogens (tertiary/aromatic N) is 4. The summed E-state index contributed by atoms with van der Waals surface area (Å²) in [7, 11) is 0. The molecule has 1 unspecified atom stereocenters. The number of halogens is 1. The van der Waals surface area contributed by atoms with Crippen LogP contribution >= 0.6 is 12.4 Å². The van der Waals surface area contributed by atoms with Gasteiger partial charge in [-0.2, -0.15) is 5.10 Å². The molecule has 2 N–H and O–H groups in total. The highest BCUT2D eigenvalue weighted by molar-refractivity contribution is 5.85. The molecule has 1 atom stereocenters. The predicted octanol–water partition coefficient (Wildman–Crippen LogP) is 2.81. The summed E-state index contributed by atoms with van der Waals surface area (Å²) in [6.45, 7) is 7.29. The van der Waals surface area contributed by atoms with Gasteiger partial charge in [-0.15, -0.1) is 12.4 Å². The molecule has 1 saturated heterocycles. The minimum Gasteiger partial charge on any atom is -0.375 e. The minimum absolute atomic E-state index is 0. The van der Waals surface area contributed by atoms with E-state index in [9.17, 15) is 0 Å². The van der Waals surface area contributed by atoms with Gasteiger partial charge in [-0.25, -0.2) is 9.50 Å². The van der Waals surface area contributed by atoms with Crippen LogP contribution in [0.2, 0.25) is 0 Å². The standard InChI is InChI=1S/C19H23N5O.ClH/c1-13-7-15(3-4-16(13)9-20)19-18-8-17(11-24(18)22-12-21-19)23-5-6-25-14(2)10-23;/h3-4,7-8,11-12,14H,5-6,9-10,20H2,1-2H3;1H. The summed E-state index contributed by atoms with van der Waals surface area (Å²) < 4.78 is 7.55. The Morgan fingerprint density at radius 3 is 2.88 bits per heavy atom. The van der Waals surface area contributed by atoms with Crippen LogP contribution < -0.4 is 10.6 Å². The Kier molecular flexibility index (Phi) is 5.46. The largest absolute Gasteiger partial charge is 0.375 e. The topological polar surface area (TPSA) is 68.7 Å². The van der Waals surface area contributed by atoms with Crippen molar-refractivity contribution in [1.82, 2.24) is 14.6 Å². The maximum absolute atomic E-state index is 5.78. The fourth-order valence-electron chi connectivity index (χ4n) is 3.44. The number of ether oxygens (including phenoxy) is 1. The molecule has 1 fully saturated rings. The summed E-state index contributed by atoms with van der Waals surface area (Å²) in [6, 6.07) is 8.48. The number of hydrogen-bond donors (Lipinski definition) is 1. The smallest absolute Gasteiger partial charge is 0.137 e. The maximum Gasteiger partial charge on any atom is 0.137 e. The third-order valence-corrected chi connectivity index (χ3v) is 4.83. The Bertz CT molecular complexity index is 910. The van der Waals surface area contributed by atoms with Crippen LogP contribution in [-0.2, 0) is 11.3 Å². The van der Waals surface area contributed by atoms with Crippen molar-refractivity contribution in [1.29, 1.82) is 0 Å². The highest BCUT2D eigenvalue weighted by Crippen LogP contribution is 2.28. The first-order valence-electron chi connectivity index (χ1n) is 8.65. The van der Waals surface area contributed by atoms with E-state index >= 15 is 0 Å². The van der Waals surface area contributed by atoms with Gasteiger partial charge in [0.05, 0.1) is 35.8 Å². The third-order valence-electron chi connectivity index (χ3n) is 4.83. The van der Waals surface area contributed by atoms with Gasteiger partial charge >= 0.3 is 0 Å². The molecule has 0 radical (unpaired) electrons. The number of benzene rings is 1. The van der Waals surface area contributed by atoms with E-state index in [0.717, 1.165) is 47.7 Å². The molecule has 0 bridgehead atoms. The number of nitrogens with two attached hydrogens (primary N) is 1. The monoisotopic (exact) mass is 373 g/mol. The lowest BCUT2D eigenvalue weighted by atomic mass is 10.0. The summed E-state index contributed by atoms with van der Waals surface area (Å²) in [5.74, 6) is 0. The molecule has 1 aliphatic rings. The van der Waals surface area contributed by atoms with Crippen LogP contribution in [0.1, 0.15) is 18.1 Å². The van der Waals surface area contributed by atoms with Gasteiger partial charge in [0.25, 0.3) is 0 Å². The second kappa shape index (κ2) is 7.61. The number of aryl methyl sites for hydroxylation is 1. The van der Waals surface area contributed by atoms with E-state index in [0.29, 0.717) is 6.54 Å². The Balaban J connectivity index is 0.00000196. The fourth-order valence-corrected chi connectivity index (χ4v) is 3.44. The van der Waals surface area contributed by atoms with Gasteiger partial charge in [0, 0.05) is 25.2 Å². The van der Waals surface area contributed by atoms with Crippen molar-refractivity contribution in [2.24, 2.45) is 5.73 Å². The van der Waals surface area contributed by atoms with Crippen molar-refractivity contribution in [3.63, 3.8) is 0 Å². The van der Waals surface area contributed by atoms with Gasteiger partial charge in [0.2, 0.25) is 0 Å². The predicted molar refractivity (Wildman–Crippen MR) is 106 cm³/mol. The van der Waals surface area contributed by atoms with Crippen molar-refractivity contribution in [3.05, 3.63) is 47.9 Å². The molecule has 0 spiro atoms. The first-order valence-corrected chi connectivity index (χ1v) is 8.65. The quantitative estimate of drug-likeness (QED) is 0.764. The van der Waals surface area contributed by atoms with Crippen LogP contribution in [0.4, 0.5) is 5.69 Å². The van der Waals surface area contributed by atoms with Crippen molar-refractivity contribution in [2.75, 3.05) is 24.6 Å². The first kappa shape index (κ1) is 18.6. The molecular weight excluding hydrogens is 350 g/mol. The number of hydrogen-bond acceptors (Lipinski definition) is 5. The number of anilines is 1. The second-order valence-electron chi connectivity index (χ2n) is 6.61. The fraction of sp³-hybridized carbons (Fsp3) is 0.368. The van der Waals surface area contributed by atoms with Crippen LogP contribution in [-0.4, -0.2) is 40.4 Å². The molecule has 138 valence electrons. The Labute approximate surface area is 159 Å². The Morgan fingerprint density at radius 1 is 1.31 bits per heavy atom. The molecule has 1 aliphatic heterocycles. The summed E-state index contributed by atoms with van der Waals surface area (Å²) in [5.41, 5.74) is 12.3. The van der Waals surface area contributed by atoms with Gasteiger partial charge < -0.3 is 15.4 Å². The summed E-state index contributed by atoms with van der Waals surface area (Å²) in [6.07, 6.45) is 3.92. The number of rotatable bonds is 3. The summed E-state index contributed by atoms with van der Waals surface area (Å²) in [4.78, 5) is 6.88. The number of morpholine rings is 1. The van der Waals surface area contributed by atoms with E-state index in [4.69, 9.17) is 10.5 Å². The van der Waals surface area contributed by atoms with Gasteiger partial charge in [0.15, 0.2) is 0 Å². The van der Waals surface area contributed by atoms with Gasteiger partial charge in [-0.1, -0.05) is 12.1 Å². The molecule has 1 aromatic carbocycles. The third kappa shape index (κ3) is 3.40. The molecule has 0 aliphatic carbocycles. The average Bonchev–Trinajstić information content (AvgIpc) is 3.06. The minimum atomic E-state index is 0. The SMILES string of the molecule is Cc1cc(-c2ncnn3cc(N4CCOC(C)C4)cc23)ccc1CN.Cl. The molecular formula is C19H24ClN5O. The van der Waals surface area contributed by atoms with Gasteiger partial charge in [0.1, 0.15) is 6.33 Å². The van der Waals surface area contributed by atoms with E-state index in [1.807, 2.05) is 4.52 Å². The van der Waals surface area contributed by atoms with Crippen LogP contribution in [0.3, 0.4) is 0 Å². The zero-order chi connectivity index (χ0) is 17.4. The number of aromatic nitrogens is 3. The van der Waals surface area contributed by atoms with Crippen LogP contribution in [0.15, 0.2) is 36.8 Å². The van der Waals surface area contributed by atoms with E-state index in [2.05, 4.69) is 59.3 Å². The van der Waals surface area contributed by atoms with Crippen LogP contribution in [0, 0.1) is 6.92 Å². The number of fused-ring (bicyclic) bond motifs is 1. The van der Waals surface area contributed by atoms with Gasteiger partial charge in [-0.05, 0) is 37.1 Å². The maximum atomic E-state index is 5.78. The van der Waals surface area contributed by atoms with Crippen molar-refractivity contribution in [2.45, 2.75) is 26.5 Å². The van der Waals surface area contributed by atoms with Crippen molar-refractivity contribution < 1.29 is 4.74 Å². The molecule has 7 heteroatoms. The lowest BCUT2D eigenvalue weighted by molar-refractivity contribution is 0.0532. The van der Waals surface area contributed by atoms with E-state index in [1.165, 1.54) is 5.56 Å². The Morgan fingerprint density at radius 2 is 2.15 bits per heavy atom. The zero-order valence-electron chi connectivity index (χ0n) is 15.1. The zero-order valence-corrected chi connectivity index (χ0v) is 15.9. The van der Waals surface area contributed by atoms with E-state index < -0.39 is 0 Å². The van der Waals surface area contributed by atoms with Crippen LogP contribution in [0.25, 0.3) is 16.8 Å². The van der Waals surface area contributed by atoms with Crippen LogP contribution in [0.5, 0.6) is 0 Å². The van der Waals surface area contributed by atoms with E-state index in [1.54, 1.807) is 6.33 Å². The lowest BCUT2D eigenvalue weighted by Crippen LogP contribution is -2.40. The highest BCUT2D eigenvalue weighted by Gasteiger charge is 2.19. The molecule has 4 rings (SSSR count). The summed E-state index contributed by atoms with van der Waals surface area (Å²) in [5, 5.41) is 4.39. The first-order chi connectivity index (χ1) is 12.2. The highest BCUT2D eigenvalue weighted by atomic mass is 35.5. The van der Waals surface area contributed by atoms with Crippen molar-refractivity contribution >= 4 is 23.6 Å².